The number of aromatic nitrogens is 1. The number of carbonyl (C=O) groups excluding carboxylic acids is 3. The van der Waals surface area contributed by atoms with E-state index in [1.54, 1.807) is 12.1 Å². The number of Topliss-reactive ketones (excluding diaryl/α,β-unsaturated/α-hetero) is 2. The lowest BCUT2D eigenvalue weighted by Crippen LogP contribution is -2.14. The van der Waals surface area contributed by atoms with Crippen molar-refractivity contribution in [2.75, 3.05) is 6.61 Å². The van der Waals surface area contributed by atoms with Gasteiger partial charge in [-0.15, -0.1) is 11.3 Å². The van der Waals surface area contributed by atoms with Gasteiger partial charge in [-0.3, -0.25) is 9.59 Å². The first-order valence-electron chi connectivity index (χ1n) is 8.88. The molecule has 2 heterocycles. The number of ether oxygens (including phenoxy) is 1. The molecule has 0 aliphatic heterocycles. The van der Waals surface area contributed by atoms with E-state index < -0.39 is 5.97 Å². The van der Waals surface area contributed by atoms with Gasteiger partial charge in [-0.05, 0) is 44.5 Å². The van der Waals surface area contributed by atoms with E-state index in [-0.39, 0.29) is 18.2 Å². The molecular formula is C22H21NO4S. The maximum atomic E-state index is 12.6. The first-order valence-corrected chi connectivity index (χ1v) is 9.70. The summed E-state index contributed by atoms with van der Waals surface area (Å²) in [5.41, 5.74) is 3.52. The first kappa shape index (κ1) is 19.8. The summed E-state index contributed by atoms with van der Waals surface area (Å²) < 4.78 is 7.23. The zero-order chi connectivity index (χ0) is 20.3. The third-order valence-electron chi connectivity index (χ3n) is 4.55. The molecule has 1 aromatic carbocycles. The maximum Gasteiger partial charge on any atom is 0.348 e. The molecule has 0 aliphatic carbocycles. The van der Waals surface area contributed by atoms with Crippen molar-refractivity contribution < 1.29 is 19.1 Å². The van der Waals surface area contributed by atoms with Crippen LogP contribution in [0.5, 0.6) is 0 Å². The molecule has 0 N–H and O–H groups in total. The highest BCUT2D eigenvalue weighted by molar-refractivity contribution is 7.15. The van der Waals surface area contributed by atoms with Crippen LogP contribution in [-0.4, -0.2) is 28.7 Å². The third-order valence-corrected chi connectivity index (χ3v) is 5.71. The quantitative estimate of drug-likeness (QED) is 0.438. The molecule has 6 heteroatoms. The Morgan fingerprint density at radius 2 is 1.68 bits per heavy atom. The molecule has 3 aromatic rings. The third kappa shape index (κ3) is 4.28. The Morgan fingerprint density at radius 3 is 2.32 bits per heavy atom. The number of hydrogen-bond donors (Lipinski definition) is 0. The van der Waals surface area contributed by atoms with E-state index in [1.807, 2.05) is 50.2 Å². The van der Waals surface area contributed by atoms with Gasteiger partial charge in [0.1, 0.15) is 4.88 Å². The molecule has 0 spiro atoms. The number of thiophene rings is 1. The monoisotopic (exact) mass is 395 g/mol. The van der Waals surface area contributed by atoms with Gasteiger partial charge in [-0.2, -0.15) is 0 Å². The Hall–Kier alpha value is -2.99. The summed E-state index contributed by atoms with van der Waals surface area (Å²) in [6, 6.07) is 15.0. The van der Waals surface area contributed by atoms with Crippen LogP contribution in [0.2, 0.25) is 0 Å². The summed E-state index contributed by atoms with van der Waals surface area (Å²) in [5, 5.41) is 0. The maximum absolute atomic E-state index is 12.6. The summed E-state index contributed by atoms with van der Waals surface area (Å²) in [5.74, 6) is -0.945. The first-order chi connectivity index (χ1) is 13.4. The van der Waals surface area contributed by atoms with Crippen LogP contribution in [0.1, 0.15) is 53.6 Å². The van der Waals surface area contributed by atoms with Crippen LogP contribution in [0.4, 0.5) is 0 Å². The molecule has 28 heavy (non-hydrogen) atoms. The van der Waals surface area contributed by atoms with Crippen molar-refractivity contribution in [2.45, 2.75) is 27.3 Å². The molecule has 5 nitrogen and oxygen atoms in total. The summed E-state index contributed by atoms with van der Waals surface area (Å²) in [6.07, 6.45) is 0. The number of aryl methyl sites for hydroxylation is 1. The van der Waals surface area contributed by atoms with Crippen LogP contribution in [0.25, 0.3) is 0 Å². The highest BCUT2D eigenvalue weighted by atomic mass is 32.1. The van der Waals surface area contributed by atoms with E-state index in [0.717, 1.165) is 28.3 Å². The lowest BCUT2D eigenvalue weighted by Gasteiger charge is -2.10. The average Bonchev–Trinajstić information content (AvgIpc) is 3.28. The van der Waals surface area contributed by atoms with Crippen LogP contribution >= 0.6 is 11.3 Å². The molecule has 0 unspecified atom stereocenters. The number of ketones is 2. The molecule has 0 aliphatic rings. The fourth-order valence-electron chi connectivity index (χ4n) is 3.01. The van der Waals surface area contributed by atoms with Crippen LogP contribution in [0.15, 0.2) is 48.5 Å². The second kappa shape index (κ2) is 8.35. The highest BCUT2D eigenvalue weighted by Gasteiger charge is 2.19. The normalized spacial score (nSPS) is 10.7. The van der Waals surface area contributed by atoms with E-state index >= 15 is 0 Å². The summed E-state index contributed by atoms with van der Waals surface area (Å²) in [7, 11) is 0. The Kier molecular flexibility index (Phi) is 5.90. The fourth-order valence-corrected chi connectivity index (χ4v) is 3.80. The second-order valence-corrected chi connectivity index (χ2v) is 7.66. The number of nitrogens with zero attached hydrogens (tertiary/aromatic N) is 1. The topological polar surface area (TPSA) is 65.4 Å². The molecule has 0 atom stereocenters. The summed E-state index contributed by atoms with van der Waals surface area (Å²) in [6.45, 7) is 5.63. The van der Waals surface area contributed by atoms with Gasteiger partial charge in [0.25, 0.3) is 0 Å². The van der Waals surface area contributed by atoms with Gasteiger partial charge in [0.15, 0.2) is 12.4 Å². The summed E-state index contributed by atoms with van der Waals surface area (Å²) in [4.78, 5) is 36.9. The Morgan fingerprint density at radius 1 is 1.00 bits per heavy atom. The molecule has 3 rings (SSSR count). The van der Waals surface area contributed by atoms with E-state index in [2.05, 4.69) is 4.57 Å². The van der Waals surface area contributed by atoms with Gasteiger partial charge in [-0.25, -0.2) is 4.79 Å². The van der Waals surface area contributed by atoms with Crippen molar-refractivity contribution in [1.29, 1.82) is 0 Å². The van der Waals surface area contributed by atoms with E-state index in [1.165, 1.54) is 6.92 Å². The number of esters is 1. The number of rotatable bonds is 7. The fraction of sp³-hybridized carbons (Fsp3) is 0.227. The minimum Gasteiger partial charge on any atom is -0.453 e. The molecule has 0 saturated heterocycles. The van der Waals surface area contributed by atoms with Crippen molar-refractivity contribution in [3.63, 3.8) is 0 Å². The van der Waals surface area contributed by atoms with Crippen molar-refractivity contribution in [3.8, 4) is 0 Å². The van der Waals surface area contributed by atoms with Crippen LogP contribution in [-0.2, 0) is 11.3 Å². The number of hydrogen-bond acceptors (Lipinski definition) is 5. The number of carbonyl (C=O) groups is 3. The number of benzene rings is 1. The predicted molar refractivity (Wildman–Crippen MR) is 108 cm³/mol. The molecule has 2 aromatic heterocycles. The van der Waals surface area contributed by atoms with Crippen LogP contribution < -0.4 is 0 Å². The lowest BCUT2D eigenvalue weighted by molar-refractivity contribution is 0.0479. The van der Waals surface area contributed by atoms with E-state index in [0.29, 0.717) is 21.9 Å². The predicted octanol–water partition coefficient (Wildman–Crippen LogP) is 4.46. The molecule has 0 bridgehead atoms. The van der Waals surface area contributed by atoms with E-state index in [4.69, 9.17) is 4.74 Å². The largest absolute Gasteiger partial charge is 0.453 e. The molecular weight excluding hydrogens is 374 g/mol. The molecule has 144 valence electrons. The van der Waals surface area contributed by atoms with Crippen molar-refractivity contribution in [3.05, 3.63) is 80.8 Å². The minimum atomic E-state index is -0.594. The minimum absolute atomic E-state index is 0.106. The molecule has 0 saturated carbocycles. The Balaban J connectivity index is 1.68. The Labute approximate surface area is 167 Å². The van der Waals surface area contributed by atoms with E-state index in [9.17, 15) is 14.4 Å². The van der Waals surface area contributed by atoms with Gasteiger partial charge < -0.3 is 9.30 Å². The van der Waals surface area contributed by atoms with Crippen LogP contribution in [0.3, 0.4) is 0 Å². The van der Waals surface area contributed by atoms with Crippen LogP contribution in [0, 0.1) is 13.8 Å². The lowest BCUT2D eigenvalue weighted by atomic mass is 10.1. The van der Waals surface area contributed by atoms with Gasteiger partial charge in [-0.1, -0.05) is 30.3 Å². The SMILES string of the molecule is CC(=O)c1ccc(C(=O)OCC(=O)c2cc(C)n(Cc3ccccc3)c2C)s1. The zero-order valence-corrected chi connectivity index (χ0v) is 16.8. The van der Waals surface area contributed by atoms with Crippen molar-refractivity contribution in [1.82, 2.24) is 4.57 Å². The highest BCUT2D eigenvalue weighted by Crippen LogP contribution is 2.20. The smallest absolute Gasteiger partial charge is 0.348 e. The van der Waals surface area contributed by atoms with Gasteiger partial charge in [0.2, 0.25) is 5.78 Å². The van der Waals surface area contributed by atoms with Gasteiger partial charge in [0.05, 0.1) is 4.88 Å². The zero-order valence-electron chi connectivity index (χ0n) is 16.0. The molecule has 0 fully saturated rings. The van der Waals surface area contributed by atoms with Gasteiger partial charge >= 0.3 is 5.97 Å². The molecule has 0 amide bonds. The summed E-state index contributed by atoms with van der Waals surface area (Å²) >= 11 is 1.07. The standard InChI is InChI=1S/C22H21NO4S/c1-14-11-18(15(2)23(14)12-17-7-5-4-6-8-17)19(25)13-27-22(26)21-10-9-20(28-21)16(3)24/h4-11H,12-13H2,1-3H3. The van der Waals surface area contributed by atoms with Gasteiger partial charge in [0, 0.05) is 23.5 Å². The Bertz CT molecular complexity index is 1030. The average molecular weight is 395 g/mol. The second-order valence-electron chi connectivity index (χ2n) is 6.58. The van der Waals surface area contributed by atoms with Crippen molar-refractivity contribution in [2.24, 2.45) is 0 Å². The molecule has 0 radical (unpaired) electrons. The van der Waals surface area contributed by atoms with Crippen molar-refractivity contribution >= 4 is 28.9 Å².